The molecule has 3 nitrogen and oxygen atoms in total. The predicted octanol–water partition coefficient (Wildman–Crippen LogP) is 2.21. The molecule has 0 amide bonds. The predicted molar refractivity (Wildman–Crippen MR) is 51.6 cm³/mol. The molecule has 5 heteroatoms. The van der Waals surface area contributed by atoms with Crippen LogP contribution < -0.4 is 5.32 Å². The third kappa shape index (κ3) is 1.80. The van der Waals surface area contributed by atoms with E-state index in [0.29, 0.717) is 0 Å². The maximum absolute atomic E-state index is 4.02. The molecule has 0 radical (unpaired) electrons. The second kappa shape index (κ2) is 3.64. The van der Waals surface area contributed by atoms with Gasteiger partial charge in [-0.1, -0.05) is 6.07 Å². The molecule has 62 valence electrons. The highest BCUT2D eigenvalue weighted by Crippen LogP contribution is 2.12. The van der Waals surface area contributed by atoms with Gasteiger partial charge in [0.25, 0.3) is 0 Å². The number of rotatable bonds is 3. The van der Waals surface area contributed by atoms with Gasteiger partial charge in [0.2, 0.25) is 5.13 Å². The lowest BCUT2D eigenvalue weighted by Gasteiger charge is -1.96. The van der Waals surface area contributed by atoms with Crippen molar-refractivity contribution in [2.75, 3.05) is 5.32 Å². The zero-order valence-corrected chi connectivity index (χ0v) is 7.86. The number of hydrogen-bond donors (Lipinski definition) is 1. The van der Waals surface area contributed by atoms with Crippen molar-refractivity contribution in [3.63, 3.8) is 0 Å². The summed E-state index contributed by atoms with van der Waals surface area (Å²) in [5.41, 5.74) is 0. The molecule has 2 aromatic heterocycles. The number of nitrogens with zero attached hydrogens (tertiary/aromatic N) is 2. The number of hydrogen-bond acceptors (Lipinski definition) is 5. The maximum atomic E-state index is 4.02. The van der Waals surface area contributed by atoms with Crippen molar-refractivity contribution in [1.29, 1.82) is 0 Å². The van der Waals surface area contributed by atoms with E-state index >= 15 is 0 Å². The Hall–Kier alpha value is -0.940. The molecule has 0 spiro atoms. The minimum atomic E-state index is 0.840. The second-order valence-electron chi connectivity index (χ2n) is 2.18. The number of aromatic nitrogens is 2. The molecule has 0 unspecified atom stereocenters. The molecule has 0 atom stereocenters. The summed E-state index contributed by atoms with van der Waals surface area (Å²) in [6.45, 7) is 0.840. The lowest BCUT2D eigenvalue weighted by molar-refractivity contribution is 1.17. The second-order valence-corrected chi connectivity index (χ2v) is 3.99. The molecule has 0 aromatic carbocycles. The van der Waals surface area contributed by atoms with Crippen LogP contribution in [0.25, 0.3) is 0 Å². The van der Waals surface area contributed by atoms with Gasteiger partial charge in [-0.3, -0.25) is 0 Å². The van der Waals surface area contributed by atoms with Crippen molar-refractivity contribution in [1.82, 2.24) is 9.36 Å². The fraction of sp³-hybridized carbons (Fsp3) is 0.143. The smallest absolute Gasteiger partial charge is 0.202 e. The number of thiophene rings is 1. The van der Waals surface area contributed by atoms with E-state index in [4.69, 9.17) is 0 Å². The van der Waals surface area contributed by atoms with Crippen molar-refractivity contribution in [3.05, 3.63) is 28.7 Å². The SMILES string of the molecule is c1csc(CNc2ncns2)c1. The Morgan fingerprint density at radius 1 is 1.50 bits per heavy atom. The third-order valence-corrected chi connectivity index (χ3v) is 2.85. The Kier molecular flexibility index (Phi) is 2.33. The fourth-order valence-corrected chi connectivity index (χ4v) is 1.90. The van der Waals surface area contributed by atoms with Crippen LogP contribution in [0.3, 0.4) is 0 Å². The Balaban J connectivity index is 1.91. The van der Waals surface area contributed by atoms with Crippen LogP contribution in [0.15, 0.2) is 23.8 Å². The molecular weight excluding hydrogens is 190 g/mol. The third-order valence-electron chi connectivity index (χ3n) is 1.36. The normalized spacial score (nSPS) is 10.0. The molecule has 2 aromatic rings. The highest BCUT2D eigenvalue weighted by molar-refractivity contribution is 7.10. The molecule has 2 rings (SSSR count). The Morgan fingerprint density at radius 3 is 3.17 bits per heavy atom. The summed E-state index contributed by atoms with van der Waals surface area (Å²) in [6, 6.07) is 4.14. The van der Waals surface area contributed by atoms with Gasteiger partial charge in [0, 0.05) is 16.4 Å². The first-order valence-electron chi connectivity index (χ1n) is 3.48. The van der Waals surface area contributed by atoms with Crippen molar-refractivity contribution in [2.24, 2.45) is 0 Å². The largest absolute Gasteiger partial charge is 0.355 e. The summed E-state index contributed by atoms with van der Waals surface area (Å²) < 4.78 is 3.89. The van der Waals surface area contributed by atoms with Gasteiger partial charge in [0.05, 0.1) is 6.54 Å². The van der Waals surface area contributed by atoms with E-state index in [1.165, 1.54) is 16.4 Å². The van der Waals surface area contributed by atoms with Gasteiger partial charge in [-0.2, -0.15) is 4.37 Å². The van der Waals surface area contributed by atoms with Gasteiger partial charge in [0.1, 0.15) is 6.33 Å². The quantitative estimate of drug-likeness (QED) is 0.819. The minimum Gasteiger partial charge on any atom is -0.355 e. The average molecular weight is 197 g/mol. The molecule has 12 heavy (non-hydrogen) atoms. The average Bonchev–Trinajstić information content (AvgIpc) is 2.74. The molecular formula is C7H7N3S2. The van der Waals surface area contributed by atoms with Crippen LogP contribution in [-0.4, -0.2) is 9.36 Å². The van der Waals surface area contributed by atoms with Gasteiger partial charge in [-0.05, 0) is 11.4 Å². The van der Waals surface area contributed by atoms with Crippen molar-refractivity contribution in [3.8, 4) is 0 Å². The van der Waals surface area contributed by atoms with E-state index in [1.807, 2.05) is 6.07 Å². The van der Waals surface area contributed by atoms with E-state index in [2.05, 4.69) is 26.1 Å². The van der Waals surface area contributed by atoms with Gasteiger partial charge in [-0.25, -0.2) is 4.98 Å². The molecule has 0 aliphatic rings. The summed E-state index contributed by atoms with van der Waals surface area (Å²) >= 11 is 3.12. The summed E-state index contributed by atoms with van der Waals surface area (Å²) in [6.07, 6.45) is 1.56. The Bertz CT molecular complexity index is 280. The van der Waals surface area contributed by atoms with Gasteiger partial charge in [0.15, 0.2) is 0 Å². The maximum Gasteiger partial charge on any atom is 0.202 e. The highest BCUT2D eigenvalue weighted by Gasteiger charge is 1.95. The summed E-state index contributed by atoms with van der Waals surface area (Å²) in [5.74, 6) is 0. The standard InChI is InChI=1S/C7H7N3S2/c1-2-6(11-3-1)4-8-7-9-5-10-12-7/h1-3,5H,4H2,(H,8,9,10). The topological polar surface area (TPSA) is 37.8 Å². The molecule has 0 aliphatic heterocycles. The lowest BCUT2D eigenvalue weighted by atomic mass is 10.5. The summed E-state index contributed by atoms with van der Waals surface area (Å²) in [5, 5.41) is 6.13. The molecule has 0 aliphatic carbocycles. The molecule has 1 N–H and O–H groups in total. The molecule has 0 bridgehead atoms. The van der Waals surface area contributed by atoms with Crippen LogP contribution in [0, 0.1) is 0 Å². The highest BCUT2D eigenvalue weighted by atomic mass is 32.1. The minimum absolute atomic E-state index is 0.840. The van der Waals surface area contributed by atoms with Crippen LogP contribution in [0.2, 0.25) is 0 Å². The van der Waals surface area contributed by atoms with Crippen molar-refractivity contribution >= 4 is 28.0 Å². The zero-order chi connectivity index (χ0) is 8.23. The lowest BCUT2D eigenvalue weighted by Crippen LogP contribution is -1.95. The van der Waals surface area contributed by atoms with E-state index in [1.54, 1.807) is 17.7 Å². The molecule has 2 heterocycles. The van der Waals surface area contributed by atoms with E-state index in [-0.39, 0.29) is 0 Å². The van der Waals surface area contributed by atoms with E-state index in [0.717, 1.165) is 11.7 Å². The summed E-state index contributed by atoms with van der Waals surface area (Å²) in [4.78, 5) is 5.33. The van der Waals surface area contributed by atoms with E-state index in [9.17, 15) is 0 Å². The van der Waals surface area contributed by atoms with Gasteiger partial charge in [-0.15, -0.1) is 11.3 Å². The van der Waals surface area contributed by atoms with Crippen molar-refractivity contribution < 1.29 is 0 Å². The number of nitrogens with one attached hydrogen (secondary N) is 1. The molecule has 0 fully saturated rings. The fourth-order valence-electron chi connectivity index (χ4n) is 0.827. The number of anilines is 1. The van der Waals surface area contributed by atoms with Gasteiger partial charge >= 0.3 is 0 Å². The van der Waals surface area contributed by atoms with Crippen LogP contribution in [0.5, 0.6) is 0 Å². The molecule has 0 saturated heterocycles. The van der Waals surface area contributed by atoms with Crippen LogP contribution in [0.4, 0.5) is 5.13 Å². The first-order chi connectivity index (χ1) is 5.95. The Labute approximate surface area is 78.3 Å². The first-order valence-corrected chi connectivity index (χ1v) is 5.13. The zero-order valence-electron chi connectivity index (χ0n) is 6.23. The molecule has 0 saturated carbocycles. The Morgan fingerprint density at radius 2 is 2.50 bits per heavy atom. The summed E-state index contributed by atoms with van der Waals surface area (Å²) in [7, 11) is 0. The monoisotopic (exact) mass is 197 g/mol. The van der Waals surface area contributed by atoms with Gasteiger partial charge < -0.3 is 5.32 Å². The van der Waals surface area contributed by atoms with Crippen LogP contribution in [0.1, 0.15) is 4.88 Å². The van der Waals surface area contributed by atoms with Crippen LogP contribution in [-0.2, 0) is 6.54 Å². The van der Waals surface area contributed by atoms with Crippen LogP contribution >= 0.6 is 22.9 Å². The van der Waals surface area contributed by atoms with Crippen molar-refractivity contribution in [2.45, 2.75) is 6.54 Å². The van der Waals surface area contributed by atoms with E-state index < -0.39 is 0 Å². The first kappa shape index (κ1) is 7.70.